The maximum absolute atomic E-state index is 13.6. The van der Waals surface area contributed by atoms with Crippen molar-refractivity contribution in [1.82, 2.24) is 9.97 Å². The van der Waals surface area contributed by atoms with E-state index in [1.54, 1.807) is 13.0 Å². The van der Waals surface area contributed by atoms with Crippen molar-refractivity contribution >= 4 is 9.84 Å². The fourth-order valence-corrected chi connectivity index (χ4v) is 3.87. The minimum Gasteiger partial charge on any atom is -0.454 e. The molecule has 10 heteroatoms. The Balaban J connectivity index is 1.57. The fraction of sp³-hybridized carbons (Fsp3) is 0.0800. The first-order valence-electron chi connectivity index (χ1n) is 10.1. The molecule has 0 aliphatic heterocycles. The van der Waals surface area contributed by atoms with Gasteiger partial charge in [-0.3, -0.25) is 4.98 Å². The van der Waals surface area contributed by atoms with Gasteiger partial charge in [0.25, 0.3) is 0 Å². The van der Waals surface area contributed by atoms with E-state index in [0.717, 1.165) is 18.4 Å². The Kier molecular flexibility index (Phi) is 6.44. The van der Waals surface area contributed by atoms with E-state index < -0.39 is 21.5 Å². The molecule has 7 nitrogen and oxygen atoms in total. The minimum atomic E-state index is -3.37. The molecule has 0 saturated heterocycles. The molecule has 0 spiro atoms. The van der Waals surface area contributed by atoms with Gasteiger partial charge in [-0.05, 0) is 54.4 Å². The maximum atomic E-state index is 13.6. The number of nitrogens with zero attached hydrogens (tertiary/aromatic N) is 3. The van der Waals surface area contributed by atoms with Crippen LogP contribution in [-0.2, 0) is 9.84 Å². The van der Waals surface area contributed by atoms with Crippen LogP contribution >= 0.6 is 0 Å². The van der Waals surface area contributed by atoms with Crippen molar-refractivity contribution in [3.63, 3.8) is 0 Å². The molecule has 0 aliphatic rings. The lowest BCUT2D eigenvalue weighted by Crippen LogP contribution is -1.99. The van der Waals surface area contributed by atoms with Gasteiger partial charge in [0.1, 0.15) is 28.9 Å². The molecule has 2 heterocycles. The van der Waals surface area contributed by atoms with Crippen molar-refractivity contribution in [2.24, 2.45) is 0 Å². The highest BCUT2D eigenvalue weighted by Crippen LogP contribution is 2.32. The molecule has 176 valence electrons. The number of halogens is 2. The molecule has 2 aromatic heterocycles. The molecular weight excluding hydrogens is 476 g/mol. The number of sulfone groups is 1. The molecule has 35 heavy (non-hydrogen) atoms. The Hall–Kier alpha value is -4.36. The summed E-state index contributed by atoms with van der Waals surface area (Å²) in [6.45, 7) is 1.68. The Morgan fingerprint density at radius 1 is 0.886 bits per heavy atom. The van der Waals surface area contributed by atoms with Crippen molar-refractivity contribution in [2.45, 2.75) is 11.8 Å². The SMILES string of the molecule is Cc1cc(S(C)(=O)=O)ccc1Oc1ncc(Oc2cncc(-c3ccc(F)c(F)c3)c2)cc1C#N. The Morgan fingerprint density at radius 2 is 1.66 bits per heavy atom. The largest absolute Gasteiger partial charge is 0.454 e. The topological polar surface area (TPSA) is 102 Å². The number of benzene rings is 2. The number of nitriles is 1. The summed E-state index contributed by atoms with van der Waals surface area (Å²) in [5.74, 6) is -1.05. The van der Waals surface area contributed by atoms with Crippen LogP contribution in [0.15, 0.2) is 72.0 Å². The first kappa shape index (κ1) is 23.8. The number of ether oxygens (including phenoxy) is 2. The summed E-state index contributed by atoms with van der Waals surface area (Å²) in [6, 6.07) is 12.9. The smallest absolute Gasteiger partial charge is 0.237 e. The molecule has 0 fully saturated rings. The van der Waals surface area contributed by atoms with Crippen LogP contribution in [0.5, 0.6) is 23.1 Å². The number of hydrogen-bond donors (Lipinski definition) is 0. The highest BCUT2D eigenvalue weighted by molar-refractivity contribution is 7.90. The summed E-state index contributed by atoms with van der Waals surface area (Å²) in [5, 5.41) is 9.56. The Morgan fingerprint density at radius 3 is 2.34 bits per heavy atom. The predicted molar refractivity (Wildman–Crippen MR) is 123 cm³/mol. The molecule has 0 aliphatic carbocycles. The quantitative estimate of drug-likeness (QED) is 0.345. The van der Waals surface area contributed by atoms with Crippen molar-refractivity contribution in [1.29, 1.82) is 5.26 Å². The summed E-state index contributed by atoms with van der Waals surface area (Å²) in [6.07, 6.45) is 5.36. The van der Waals surface area contributed by atoms with Crippen LogP contribution in [0, 0.1) is 29.9 Å². The standard InChI is InChI=1S/C25H17F2N3O4S/c1-15-7-21(35(2,31)32)4-6-24(15)34-25-17(11-28)8-20(14-30-25)33-19-9-18(12-29-13-19)16-3-5-22(26)23(27)10-16/h3-10,12-14H,1-2H3. The molecule has 0 saturated carbocycles. The van der Waals surface area contributed by atoms with E-state index in [2.05, 4.69) is 9.97 Å². The van der Waals surface area contributed by atoms with Crippen LogP contribution in [0.25, 0.3) is 11.1 Å². The second-order valence-electron chi connectivity index (χ2n) is 7.58. The van der Waals surface area contributed by atoms with Crippen LogP contribution in [0.3, 0.4) is 0 Å². The van der Waals surface area contributed by atoms with Gasteiger partial charge in [0.05, 0.1) is 17.3 Å². The maximum Gasteiger partial charge on any atom is 0.237 e. The molecule has 0 amide bonds. The average molecular weight is 493 g/mol. The van der Waals surface area contributed by atoms with E-state index in [-0.39, 0.29) is 22.1 Å². The first-order valence-corrected chi connectivity index (χ1v) is 12.0. The van der Waals surface area contributed by atoms with Gasteiger partial charge in [-0.1, -0.05) is 6.07 Å². The fourth-order valence-electron chi connectivity index (χ4n) is 3.17. The monoisotopic (exact) mass is 493 g/mol. The van der Waals surface area contributed by atoms with Gasteiger partial charge in [-0.2, -0.15) is 5.26 Å². The highest BCUT2D eigenvalue weighted by Gasteiger charge is 2.14. The number of hydrogen-bond acceptors (Lipinski definition) is 7. The highest BCUT2D eigenvalue weighted by atomic mass is 32.2. The van der Waals surface area contributed by atoms with Crippen molar-refractivity contribution < 1.29 is 26.7 Å². The van der Waals surface area contributed by atoms with E-state index in [0.29, 0.717) is 28.2 Å². The van der Waals surface area contributed by atoms with Gasteiger partial charge in [-0.25, -0.2) is 22.2 Å². The first-order chi connectivity index (χ1) is 16.6. The normalized spacial score (nSPS) is 11.1. The molecule has 2 aromatic carbocycles. The summed E-state index contributed by atoms with van der Waals surface area (Å²) < 4.78 is 61.8. The lowest BCUT2D eigenvalue weighted by molar-refractivity contribution is 0.446. The van der Waals surface area contributed by atoms with Gasteiger partial charge in [-0.15, -0.1) is 0 Å². The summed E-state index contributed by atoms with van der Waals surface area (Å²) >= 11 is 0. The third-order valence-corrected chi connectivity index (χ3v) is 6.04. The van der Waals surface area contributed by atoms with Crippen LogP contribution in [0.2, 0.25) is 0 Å². The average Bonchev–Trinajstić information content (AvgIpc) is 2.82. The molecule has 4 rings (SSSR count). The van der Waals surface area contributed by atoms with Crippen LogP contribution < -0.4 is 9.47 Å². The van der Waals surface area contributed by atoms with E-state index in [1.807, 2.05) is 6.07 Å². The molecular formula is C25H17F2N3O4S. The van der Waals surface area contributed by atoms with Gasteiger partial charge < -0.3 is 9.47 Å². The van der Waals surface area contributed by atoms with Crippen molar-refractivity contribution in [3.8, 4) is 40.3 Å². The Bertz CT molecular complexity index is 1580. The number of aromatic nitrogens is 2. The number of rotatable bonds is 6. The lowest BCUT2D eigenvalue weighted by atomic mass is 10.1. The third kappa shape index (κ3) is 5.42. The summed E-state index contributed by atoms with van der Waals surface area (Å²) in [4.78, 5) is 8.37. The molecule has 4 aromatic rings. The van der Waals surface area contributed by atoms with E-state index in [9.17, 15) is 22.5 Å². The van der Waals surface area contributed by atoms with E-state index in [1.165, 1.54) is 48.9 Å². The van der Waals surface area contributed by atoms with Gasteiger partial charge in [0.2, 0.25) is 5.88 Å². The zero-order valence-electron chi connectivity index (χ0n) is 18.5. The predicted octanol–water partition coefficient (Wildman–Crippen LogP) is 5.59. The van der Waals surface area contributed by atoms with Gasteiger partial charge >= 0.3 is 0 Å². The van der Waals surface area contributed by atoms with Gasteiger partial charge in [0.15, 0.2) is 21.5 Å². The van der Waals surface area contributed by atoms with E-state index in [4.69, 9.17) is 9.47 Å². The number of aryl methyl sites for hydroxylation is 1. The van der Waals surface area contributed by atoms with Crippen LogP contribution in [0.4, 0.5) is 8.78 Å². The zero-order valence-corrected chi connectivity index (χ0v) is 19.3. The summed E-state index contributed by atoms with van der Waals surface area (Å²) in [7, 11) is -3.37. The molecule has 0 radical (unpaired) electrons. The Labute approximate surface area is 200 Å². The number of pyridine rings is 2. The van der Waals surface area contributed by atoms with Crippen LogP contribution in [-0.4, -0.2) is 24.6 Å². The molecule has 0 bridgehead atoms. The van der Waals surface area contributed by atoms with Crippen molar-refractivity contribution in [2.75, 3.05) is 6.26 Å². The second-order valence-corrected chi connectivity index (χ2v) is 9.59. The van der Waals surface area contributed by atoms with Gasteiger partial charge in [0, 0.05) is 24.1 Å². The molecule has 0 unspecified atom stereocenters. The molecule has 0 atom stereocenters. The molecule has 0 N–H and O–H groups in total. The minimum absolute atomic E-state index is 0.0173. The van der Waals surface area contributed by atoms with E-state index >= 15 is 0 Å². The summed E-state index contributed by atoms with van der Waals surface area (Å²) in [5.41, 5.74) is 1.56. The van der Waals surface area contributed by atoms with Crippen molar-refractivity contribution in [3.05, 3.63) is 89.9 Å². The zero-order chi connectivity index (χ0) is 25.2. The second kappa shape index (κ2) is 9.48. The lowest BCUT2D eigenvalue weighted by Gasteiger charge is -2.12. The third-order valence-electron chi connectivity index (χ3n) is 4.93. The van der Waals surface area contributed by atoms with Crippen LogP contribution in [0.1, 0.15) is 11.1 Å².